The minimum atomic E-state index is 0.0352. The van der Waals surface area contributed by atoms with Crippen molar-refractivity contribution in [3.63, 3.8) is 0 Å². The Morgan fingerprint density at radius 2 is 1.92 bits per heavy atom. The number of nitriles is 1. The highest BCUT2D eigenvalue weighted by atomic mass is 16.2. The maximum absolute atomic E-state index is 12.5. The van der Waals surface area contributed by atoms with Crippen molar-refractivity contribution >= 4 is 5.91 Å². The molecule has 4 nitrogen and oxygen atoms in total. The number of rotatable bonds is 5. The molecule has 1 aliphatic heterocycles. The first kappa shape index (κ1) is 15.6. The number of hydrogen-bond acceptors (Lipinski definition) is 3. The van der Waals surface area contributed by atoms with Gasteiger partial charge in [0.2, 0.25) is 0 Å². The van der Waals surface area contributed by atoms with Gasteiger partial charge in [0.25, 0.3) is 5.91 Å². The van der Waals surface area contributed by atoms with Crippen LogP contribution in [0.2, 0.25) is 0 Å². The summed E-state index contributed by atoms with van der Waals surface area (Å²) in [4.78, 5) is 14.4. The first-order chi connectivity index (χ1) is 12.7. The van der Waals surface area contributed by atoms with Crippen molar-refractivity contribution in [3.05, 3.63) is 71.3 Å². The van der Waals surface area contributed by atoms with Crippen LogP contribution in [0.1, 0.15) is 34.3 Å². The van der Waals surface area contributed by atoms with E-state index >= 15 is 0 Å². The Hall–Kier alpha value is -2.64. The predicted octanol–water partition coefficient (Wildman–Crippen LogP) is 2.70. The van der Waals surface area contributed by atoms with Gasteiger partial charge in [-0.15, -0.1) is 0 Å². The van der Waals surface area contributed by atoms with Gasteiger partial charge in [-0.25, -0.2) is 0 Å². The zero-order valence-corrected chi connectivity index (χ0v) is 14.6. The molecule has 1 amide bonds. The van der Waals surface area contributed by atoms with E-state index in [1.54, 1.807) is 24.3 Å². The number of carbonyl (C=O) groups excluding carboxylic acids is 1. The SMILES string of the molecule is N#Cc1cccc(C(=O)N2CC(CNC34CC3(c3ccccc3)C4)C2)c1. The summed E-state index contributed by atoms with van der Waals surface area (Å²) in [6.45, 7) is 2.59. The van der Waals surface area contributed by atoms with Gasteiger partial charge in [-0.3, -0.25) is 4.79 Å². The molecule has 130 valence electrons. The fraction of sp³-hybridized carbons (Fsp3) is 0.364. The number of nitrogens with one attached hydrogen (secondary N) is 1. The van der Waals surface area contributed by atoms with E-state index in [1.807, 2.05) is 4.90 Å². The highest BCUT2D eigenvalue weighted by Gasteiger charge is 2.83. The van der Waals surface area contributed by atoms with Crippen LogP contribution in [0.5, 0.6) is 0 Å². The smallest absolute Gasteiger partial charge is 0.253 e. The fourth-order valence-corrected chi connectivity index (χ4v) is 4.53. The van der Waals surface area contributed by atoms with E-state index in [0.717, 1.165) is 19.6 Å². The average Bonchev–Trinajstić information content (AvgIpc) is 3.48. The summed E-state index contributed by atoms with van der Waals surface area (Å²) in [5.74, 6) is 0.565. The van der Waals surface area contributed by atoms with Crippen LogP contribution < -0.4 is 5.32 Å². The van der Waals surface area contributed by atoms with Gasteiger partial charge in [0.05, 0.1) is 11.6 Å². The second-order valence-corrected chi connectivity index (χ2v) is 8.03. The van der Waals surface area contributed by atoms with Gasteiger partial charge >= 0.3 is 0 Å². The van der Waals surface area contributed by atoms with Crippen LogP contribution in [-0.2, 0) is 5.41 Å². The molecule has 3 aliphatic rings. The largest absolute Gasteiger partial charge is 0.338 e. The molecule has 2 aliphatic carbocycles. The third kappa shape index (κ3) is 2.28. The Morgan fingerprint density at radius 3 is 2.65 bits per heavy atom. The molecule has 3 fully saturated rings. The molecule has 2 aromatic rings. The Morgan fingerprint density at radius 1 is 1.15 bits per heavy atom. The van der Waals surface area contributed by atoms with E-state index in [1.165, 1.54) is 18.4 Å². The van der Waals surface area contributed by atoms with E-state index in [0.29, 0.717) is 28.0 Å². The Labute approximate surface area is 153 Å². The van der Waals surface area contributed by atoms with Crippen molar-refractivity contribution in [1.29, 1.82) is 5.26 Å². The maximum atomic E-state index is 12.5. The van der Waals surface area contributed by atoms with Gasteiger partial charge in [0.1, 0.15) is 0 Å². The molecule has 0 radical (unpaired) electrons. The molecule has 1 saturated heterocycles. The zero-order valence-electron chi connectivity index (χ0n) is 14.6. The van der Waals surface area contributed by atoms with Crippen LogP contribution in [0.25, 0.3) is 0 Å². The lowest BCUT2D eigenvalue weighted by Gasteiger charge is -2.39. The topological polar surface area (TPSA) is 56.1 Å². The molecule has 0 unspecified atom stereocenters. The number of likely N-dealkylation sites (tertiary alicyclic amines) is 1. The second-order valence-electron chi connectivity index (χ2n) is 8.03. The Kier molecular flexibility index (Phi) is 3.26. The van der Waals surface area contributed by atoms with E-state index < -0.39 is 0 Å². The second kappa shape index (κ2) is 5.43. The molecule has 0 bridgehead atoms. The van der Waals surface area contributed by atoms with E-state index in [-0.39, 0.29) is 5.91 Å². The van der Waals surface area contributed by atoms with Crippen LogP contribution >= 0.6 is 0 Å². The first-order valence-electron chi connectivity index (χ1n) is 9.26. The molecule has 4 heteroatoms. The van der Waals surface area contributed by atoms with Gasteiger partial charge in [-0.05, 0) is 36.6 Å². The van der Waals surface area contributed by atoms with E-state index in [2.05, 4.69) is 41.7 Å². The minimum Gasteiger partial charge on any atom is -0.338 e. The number of benzene rings is 2. The molecule has 2 aromatic carbocycles. The summed E-state index contributed by atoms with van der Waals surface area (Å²) in [6.07, 6.45) is 2.50. The summed E-state index contributed by atoms with van der Waals surface area (Å²) in [5.41, 5.74) is 3.34. The number of fused-ring (bicyclic) bond motifs is 1. The Balaban J connectivity index is 1.12. The quantitative estimate of drug-likeness (QED) is 0.908. The molecule has 1 N–H and O–H groups in total. The molecular weight excluding hydrogens is 322 g/mol. The van der Waals surface area contributed by atoms with Crippen LogP contribution in [0.15, 0.2) is 54.6 Å². The number of amides is 1. The van der Waals surface area contributed by atoms with Crippen LogP contribution in [-0.4, -0.2) is 36.0 Å². The monoisotopic (exact) mass is 343 g/mol. The van der Waals surface area contributed by atoms with Gasteiger partial charge in [0, 0.05) is 42.1 Å². The first-order valence-corrected chi connectivity index (χ1v) is 9.26. The lowest BCUT2D eigenvalue weighted by atomic mass is 9.98. The lowest BCUT2D eigenvalue weighted by Crippen LogP contribution is -2.53. The van der Waals surface area contributed by atoms with E-state index in [4.69, 9.17) is 5.26 Å². The summed E-state index contributed by atoms with van der Waals surface area (Å²) in [5, 5.41) is 12.8. The van der Waals surface area contributed by atoms with Crippen molar-refractivity contribution < 1.29 is 4.79 Å². The van der Waals surface area contributed by atoms with Gasteiger partial charge in [0.15, 0.2) is 0 Å². The zero-order chi connectivity index (χ0) is 17.8. The normalized spacial score (nSPS) is 28.7. The summed E-state index contributed by atoms with van der Waals surface area (Å²) >= 11 is 0. The van der Waals surface area contributed by atoms with Crippen molar-refractivity contribution in [2.24, 2.45) is 5.92 Å². The average molecular weight is 343 g/mol. The molecule has 2 saturated carbocycles. The molecule has 0 spiro atoms. The van der Waals surface area contributed by atoms with Crippen LogP contribution in [0.4, 0.5) is 0 Å². The summed E-state index contributed by atoms with van der Waals surface area (Å²) in [6, 6.07) is 19.9. The Bertz CT molecular complexity index is 902. The molecule has 0 aromatic heterocycles. The minimum absolute atomic E-state index is 0.0352. The van der Waals surface area contributed by atoms with Crippen LogP contribution in [0, 0.1) is 17.2 Å². The summed E-state index contributed by atoms with van der Waals surface area (Å²) in [7, 11) is 0. The molecule has 0 atom stereocenters. The van der Waals surface area contributed by atoms with Crippen molar-refractivity contribution in [2.45, 2.75) is 23.8 Å². The molecule has 5 rings (SSSR count). The highest BCUT2D eigenvalue weighted by molar-refractivity contribution is 5.95. The maximum Gasteiger partial charge on any atom is 0.253 e. The van der Waals surface area contributed by atoms with Crippen molar-refractivity contribution in [1.82, 2.24) is 10.2 Å². The van der Waals surface area contributed by atoms with E-state index in [9.17, 15) is 4.79 Å². The number of hydrogen-bond donors (Lipinski definition) is 1. The third-order valence-corrected chi connectivity index (χ3v) is 6.41. The highest BCUT2D eigenvalue weighted by Crippen LogP contribution is 2.78. The predicted molar refractivity (Wildman–Crippen MR) is 98.6 cm³/mol. The molecule has 26 heavy (non-hydrogen) atoms. The summed E-state index contributed by atoms with van der Waals surface area (Å²) < 4.78 is 0. The number of nitrogens with zero attached hydrogens (tertiary/aromatic N) is 2. The van der Waals surface area contributed by atoms with Gasteiger partial charge < -0.3 is 10.2 Å². The van der Waals surface area contributed by atoms with Crippen molar-refractivity contribution in [2.75, 3.05) is 19.6 Å². The van der Waals surface area contributed by atoms with Gasteiger partial charge in [-0.2, -0.15) is 5.26 Å². The van der Waals surface area contributed by atoms with Crippen LogP contribution in [0.3, 0.4) is 0 Å². The molecular formula is C22H21N3O. The third-order valence-electron chi connectivity index (χ3n) is 6.41. The lowest BCUT2D eigenvalue weighted by molar-refractivity contribution is 0.0497. The number of carbonyl (C=O) groups is 1. The fourth-order valence-electron chi connectivity index (χ4n) is 4.53. The van der Waals surface area contributed by atoms with Gasteiger partial charge in [-0.1, -0.05) is 36.4 Å². The molecule has 1 heterocycles. The standard InChI is InChI=1S/C22H21N3O/c23-10-16-5-4-6-18(9-16)20(26)25-12-17(13-25)11-24-22-14-21(22,15-22)19-7-2-1-3-8-19/h1-9,17,24H,11-15H2. The van der Waals surface area contributed by atoms with Crippen molar-refractivity contribution in [3.8, 4) is 6.07 Å².